The Kier molecular flexibility index (Phi) is 2.16. The Morgan fingerprint density at radius 1 is 1.33 bits per heavy atom. The van der Waals surface area contributed by atoms with Crippen molar-refractivity contribution >= 4 is 5.97 Å². The van der Waals surface area contributed by atoms with Crippen molar-refractivity contribution in [2.45, 2.75) is 52.1 Å². The summed E-state index contributed by atoms with van der Waals surface area (Å²) >= 11 is 0. The Balaban J connectivity index is 2.08. The van der Waals surface area contributed by atoms with Crippen LogP contribution in [0.5, 0.6) is 0 Å². The molecule has 0 radical (unpaired) electrons. The van der Waals surface area contributed by atoms with Gasteiger partial charge in [-0.15, -0.1) is 0 Å². The summed E-state index contributed by atoms with van der Waals surface area (Å²) in [5.41, 5.74) is -1.17. The molecule has 3 nitrogen and oxygen atoms in total. The van der Waals surface area contributed by atoms with Gasteiger partial charge in [-0.3, -0.25) is 4.79 Å². The van der Waals surface area contributed by atoms with Gasteiger partial charge in [0.05, 0.1) is 17.6 Å². The molecule has 2 saturated carbocycles. The number of hydrogen-bond acceptors (Lipinski definition) is 3. The fraction of sp³-hybridized carbons (Fsp3) is 0.917. The molecule has 0 aromatic carbocycles. The van der Waals surface area contributed by atoms with Crippen molar-refractivity contribution in [2.24, 2.45) is 10.8 Å². The highest BCUT2D eigenvalue weighted by molar-refractivity contribution is 5.82. The molecule has 0 saturated heterocycles. The molecule has 0 aromatic heterocycles. The number of rotatable bonds is 3. The predicted octanol–water partition coefficient (Wildman–Crippen LogP) is 1.88. The van der Waals surface area contributed by atoms with Gasteiger partial charge in [0.1, 0.15) is 0 Å². The molecule has 15 heavy (non-hydrogen) atoms. The van der Waals surface area contributed by atoms with Gasteiger partial charge < -0.3 is 9.84 Å². The minimum absolute atomic E-state index is 0.177. The maximum atomic E-state index is 11.8. The van der Waals surface area contributed by atoms with Crippen LogP contribution in [0.25, 0.3) is 0 Å². The van der Waals surface area contributed by atoms with Crippen molar-refractivity contribution < 1.29 is 14.6 Å². The quantitative estimate of drug-likeness (QED) is 0.726. The number of carbonyl (C=O) groups excluding carboxylic acids is 1. The van der Waals surface area contributed by atoms with Crippen LogP contribution < -0.4 is 0 Å². The summed E-state index contributed by atoms with van der Waals surface area (Å²) in [6, 6.07) is 0. The van der Waals surface area contributed by atoms with E-state index in [1.165, 1.54) is 0 Å². The first-order valence-corrected chi connectivity index (χ1v) is 5.75. The Hall–Kier alpha value is -0.570. The number of carbonyl (C=O) groups is 1. The topological polar surface area (TPSA) is 46.5 Å². The van der Waals surface area contributed by atoms with E-state index in [0.717, 1.165) is 25.7 Å². The third-order valence-electron chi connectivity index (χ3n) is 3.85. The summed E-state index contributed by atoms with van der Waals surface area (Å²) in [7, 11) is 0. The monoisotopic (exact) mass is 212 g/mol. The first-order valence-electron chi connectivity index (χ1n) is 5.75. The molecule has 0 aliphatic heterocycles. The van der Waals surface area contributed by atoms with Crippen molar-refractivity contribution in [3.63, 3.8) is 0 Å². The molecule has 1 N–H and O–H groups in total. The lowest BCUT2D eigenvalue weighted by atomic mass is 9.55. The molecule has 86 valence electrons. The second-order valence-corrected chi connectivity index (χ2v) is 5.85. The largest absolute Gasteiger partial charge is 0.465 e. The average molecular weight is 212 g/mol. The molecule has 0 aromatic rings. The highest BCUT2D eigenvalue weighted by atomic mass is 16.5. The third-order valence-corrected chi connectivity index (χ3v) is 3.85. The van der Waals surface area contributed by atoms with E-state index in [0.29, 0.717) is 6.61 Å². The number of hydrogen-bond donors (Lipinski definition) is 1. The second kappa shape index (κ2) is 2.97. The van der Waals surface area contributed by atoms with Gasteiger partial charge in [-0.1, -0.05) is 13.8 Å². The standard InChI is InChI=1S/C12H20O3/c1-4-15-9(13)11(5-6-11)12(14)7-10(2,3)8-12/h14H,4-8H2,1-3H3. The van der Waals surface area contributed by atoms with E-state index in [9.17, 15) is 9.90 Å². The van der Waals surface area contributed by atoms with Crippen molar-refractivity contribution in [2.75, 3.05) is 6.61 Å². The Morgan fingerprint density at radius 2 is 1.87 bits per heavy atom. The van der Waals surface area contributed by atoms with Gasteiger partial charge in [0.15, 0.2) is 0 Å². The molecule has 0 atom stereocenters. The molecule has 2 aliphatic rings. The van der Waals surface area contributed by atoms with E-state index >= 15 is 0 Å². The average Bonchev–Trinajstić information content (AvgIpc) is 2.80. The summed E-state index contributed by atoms with van der Waals surface area (Å²) in [4.78, 5) is 11.8. The van der Waals surface area contributed by atoms with E-state index in [4.69, 9.17) is 4.74 Å². The fourth-order valence-corrected chi connectivity index (χ4v) is 3.12. The first kappa shape index (κ1) is 10.9. The van der Waals surface area contributed by atoms with Gasteiger partial charge in [-0.05, 0) is 38.0 Å². The van der Waals surface area contributed by atoms with E-state index in [2.05, 4.69) is 13.8 Å². The lowest BCUT2D eigenvalue weighted by molar-refractivity contribution is -0.190. The Bertz CT molecular complexity index is 281. The molecule has 0 amide bonds. The molecular weight excluding hydrogens is 192 g/mol. The highest BCUT2D eigenvalue weighted by Crippen LogP contribution is 2.66. The van der Waals surface area contributed by atoms with E-state index in [1.54, 1.807) is 0 Å². The molecule has 3 heteroatoms. The minimum atomic E-state index is -0.789. The van der Waals surface area contributed by atoms with Gasteiger partial charge in [0.25, 0.3) is 0 Å². The zero-order valence-electron chi connectivity index (χ0n) is 9.80. The number of ether oxygens (including phenoxy) is 1. The predicted molar refractivity (Wildman–Crippen MR) is 56.3 cm³/mol. The molecular formula is C12H20O3. The van der Waals surface area contributed by atoms with Gasteiger partial charge in [-0.25, -0.2) is 0 Å². The maximum absolute atomic E-state index is 11.8. The maximum Gasteiger partial charge on any atom is 0.314 e. The molecule has 2 rings (SSSR count). The summed E-state index contributed by atoms with van der Waals surface area (Å²) in [5, 5.41) is 10.4. The van der Waals surface area contributed by atoms with E-state index in [1.807, 2.05) is 6.92 Å². The fourth-order valence-electron chi connectivity index (χ4n) is 3.12. The molecule has 2 fully saturated rings. The highest BCUT2D eigenvalue weighted by Gasteiger charge is 2.70. The van der Waals surface area contributed by atoms with Gasteiger partial charge >= 0.3 is 5.97 Å². The summed E-state index contributed by atoms with van der Waals surface area (Å²) < 4.78 is 5.06. The van der Waals surface area contributed by atoms with Crippen LogP contribution in [0.1, 0.15) is 46.5 Å². The van der Waals surface area contributed by atoms with Crippen molar-refractivity contribution in [3.05, 3.63) is 0 Å². The van der Waals surface area contributed by atoms with Crippen LogP contribution in [0.3, 0.4) is 0 Å². The van der Waals surface area contributed by atoms with Crippen LogP contribution in [-0.4, -0.2) is 23.3 Å². The minimum Gasteiger partial charge on any atom is -0.465 e. The van der Waals surface area contributed by atoms with Gasteiger partial charge in [0.2, 0.25) is 0 Å². The van der Waals surface area contributed by atoms with Crippen LogP contribution in [-0.2, 0) is 9.53 Å². The molecule has 2 aliphatic carbocycles. The Morgan fingerprint density at radius 3 is 2.20 bits per heavy atom. The lowest BCUT2D eigenvalue weighted by Gasteiger charge is -2.53. The van der Waals surface area contributed by atoms with Crippen LogP contribution in [0, 0.1) is 10.8 Å². The molecule has 0 unspecified atom stereocenters. The van der Waals surface area contributed by atoms with E-state index in [-0.39, 0.29) is 11.4 Å². The summed E-state index contributed by atoms with van der Waals surface area (Å²) in [5.74, 6) is -0.192. The summed E-state index contributed by atoms with van der Waals surface area (Å²) in [6.45, 7) is 6.47. The van der Waals surface area contributed by atoms with Crippen LogP contribution >= 0.6 is 0 Å². The zero-order valence-corrected chi connectivity index (χ0v) is 9.80. The lowest BCUT2D eigenvalue weighted by Crippen LogP contribution is -2.57. The summed E-state index contributed by atoms with van der Waals surface area (Å²) in [6.07, 6.45) is 3.02. The van der Waals surface area contributed by atoms with E-state index < -0.39 is 11.0 Å². The normalized spacial score (nSPS) is 29.1. The van der Waals surface area contributed by atoms with Crippen molar-refractivity contribution in [3.8, 4) is 0 Å². The van der Waals surface area contributed by atoms with Crippen molar-refractivity contribution in [1.82, 2.24) is 0 Å². The molecule has 0 spiro atoms. The first-order chi connectivity index (χ1) is 6.85. The Labute approximate surface area is 90.8 Å². The van der Waals surface area contributed by atoms with Gasteiger partial charge in [0, 0.05) is 0 Å². The molecule has 0 bridgehead atoms. The van der Waals surface area contributed by atoms with Crippen molar-refractivity contribution in [1.29, 1.82) is 0 Å². The van der Waals surface area contributed by atoms with Crippen LogP contribution in [0.15, 0.2) is 0 Å². The van der Waals surface area contributed by atoms with Gasteiger partial charge in [-0.2, -0.15) is 0 Å². The van der Waals surface area contributed by atoms with Crippen LogP contribution in [0.2, 0.25) is 0 Å². The zero-order chi connectivity index (χ0) is 11.3. The number of aliphatic hydroxyl groups is 1. The number of esters is 1. The molecule has 0 heterocycles. The SMILES string of the molecule is CCOC(=O)C1(C2(O)CC(C)(C)C2)CC1. The van der Waals surface area contributed by atoms with Crippen LogP contribution in [0.4, 0.5) is 0 Å². The third kappa shape index (κ3) is 1.48. The smallest absolute Gasteiger partial charge is 0.314 e. The second-order valence-electron chi connectivity index (χ2n) is 5.85.